The van der Waals surface area contributed by atoms with Crippen molar-refractivity contribution in [1.29, 1.82) is 0 Å². The Labute approximate surface area is 124 Å². The summed E-state index contributed by atoms with van der Waals surface area (Å²) in [4.78, 5) is 18.9. The molecule has 0 bridgehead atoms. The molecule has 3 rings (SSSR count). The molecule has 0 amide bonds. The van der Waals surface area contributed by atoms with Gasteiger partial charge in [-0.2, -0.15) is 0 Å². The van der Waals surface area contributed by atoms with Gasteiger partial charge >= 0.3 is 0 Å². The van der Waals surface area contributed by atoms with Crippen LogP contribution in [0, 0.1) is 0 Å². The molecule has 0 aliphatic rings. The summed E-state index contributed by atoms with van der Waals surface area (Å²) in [6, 6.07) is 9.02. The molecule has 0 saturated carbocycles. The van der Waals surface area contributed by atoms with Gasteiger partial charge in [0.15, 0.2) is 0 Å². The van der Waals surface area contributed by atoms with Gasteiger partial charge < -0.3 is 14.8 Å². The number of aliphatic hydroxyl groups excluding tert-OH is 1. The molecule has 0 unspecified atom stereocenters. The summed E-state index contributed by atoms with van der Waals surface area (Å²) < 4.78 is 6.24. The third kappa shape index (κ3) is 2.96. The Hall–Kier alpha value is -2.18. The SMILES string of the molecule is C[C@H](O)c1cccc(OCc2nc3ccsc3c(=O)[nH]2)c1. The predicted octanol–water partition coefficient (Wildman–Crippen LogP) is 2.62. The minimum atomic E-state index is -0.548. The van der Waals surface area contributed by atoms with Crippen LogP contribution >= 0.6 is 11.3 Å². The Morgan fingerprint density at radius 1 is 1.43 bits per heavy atom. The number of nitrogens with one attached hydrogen (secondary N) is 1. The molecule has 21 heavy (non-hydrogen) atoms. The van der Waals surface area contributed by atoms with E-state index in [9.17, 15) is 9.90 Å². The monoisotopic (exact) mass is 302 g/mol. The summed E-state index contributed by atoms with van der Waals surface area (Å²) in [5.74, 6) is 1.11. The molecule has 2 heterocycles. The van der Waals surface area contributed by atoms with Crippen LogP contribution in [0.25, 0.3) is 10.2 Å². The fraction of sp³-hybridized carbons (Fsp3) is 0.200. The highest BCUT2D eigenvalue weighted by molar-refractivity contribution is 7.17. The molecule has 0 saturated heterocycles. The lowest BCUT2D eigenvalue weighted by atomic mass is 10.1. The molecule has 0 radical (unpaired) electrons. The van der Waals surface area contributed by atoms with Crippen molar-refractivity contribution in [3.05, 3.63) is 57.5 Å². The molecule has 2 N–H and O–H groups in total. The van der Waals surface area contributed by atoms with Crippen molar-refractivity contribution >= 4 is 21.6 Å². The van der Waals surface area contributed by atoms with Crippen LogP contribution in [0.5, 0.6) is 5.75 Å². The van der Waals surface area contributed by atoms with Gasteiger partial charge in [-0.1, -0.05) is 12.1 Å². The van der Waals surface area contributed by atoms with Gasteiger partial charge in [-0.15, -0.1) is 11.3 Å². The number of hydrogen-bond acceptors (Lipinski definition) is 5. The van der Waals surface area contributed by atoms with Crippen LogP contribution in [0.2, 0.25) is 0 Å². The quantitative estimate of drug-likeness (QED) is 0.777. The average Bonchev–Trinajstić information content (AvgIpc) is 2.94. The molecule has 108 valence electrons. The molecule has 0 aliphatic carbocycles. The van der Waals surface area contributed by atoms with E-state index >= 15 is 0 Å². The van der Waals surface area contributed by atoms with E-state index in [2.05, 4.69) is 9.97 Å². The number of H-pyrrole nitrogens is 1. The first kappa shape index (κ1) is 13.8. The number of thiophene rings is 1. The smallest absolute Gasteiger partial charge is 0.268 e. The standard InChI is InChI=1S/C15H14N2O3S/c1-9(18)10-3-2-4-11(7-10)20-8-13-16-12-5-6-21-14(12)15(19)17-13/h2-7,9,18H,8H2,1H3,(H,16,17,19)/t9-/m0/s1. The van der Waals surface area contributed by atoms with Crippen LogP contribution in [0.1, 0.15) is 24.4 Å². The van der Waals surface area contributed by atoms with E-state index in [1.54, 1.807) is 19.1 Å². The molecular formula is C15H14N2O3S. The normalized spacial score (nSPS) is 12.5. The average molecular weight is 302 g/mol. The Morgan fingerprint density at radius 2 is 2.29 bits per heavy atom. The second-order valence-corrected chi connectivity index (χ2v) is 5.60. The lowest BCUT2D eigenvalue weighted by Crippen LogP contribution is -2.12. The zero-order chi connectivity index (χ0) is 14.8. The molecule has 0 spiro atoms. The largest absolute Gasteiger partial charge is 0.486 e. The number of aromatic nitrogens is 2. The van der Waals surface area contributed by atoms with Crippen LogP contribution in [-0.2, 0) is 6.61 Å². The second-order valence-electron chi connectivity index (χ2n) is 4.68. The summed E-state index contributed by atoms with van der Waals surface area (Å²) in [6.45, 7) is 1.87. The van der Waals surface area contributed by atoms with Gasteiger partial charge in [0, 0.05) is 0 Å². The van der Waals surface area contributed by atoms with Crippen molar-refractivity contribution in [2.75, 3.05) is 0 Å². The van der Waals surface area contributed by atoms with Crippen LogP contribution in [0.15, 0.2) is 40.5 Å². The Balaban J connectivity index is 1.80. The number of fused-ring (bicyclic) bond motifs is 1. The summed E-state index contributed by atoms with van der Waals surface area (Å²) >= 11 is 1.37. The number of aliphatic hydroxyl groups is 1. The van der Waals surface area contributed by atoms with Gasteiger partial charge in [-0.3, -0.25) is 4.79 Å². The topological polar surface area (TPSA) is 75.2 Å². The molecule has 1 aromatic carbocycles. The Bertz CT molecular complexity index is 823. The Kier molecular flexibility index (Phi) is 3.72. The van der Waals surface area contributed by atoms with Crippen LogP contribution < -0.4 is 10.3 Å². The van der Waals surface area contributed by atoms with Crippen LogP contribution in [0.4, 0.5) is 0 Å². The number of hydrogen-bond donors (Lipinski definition) is 2. The second kappa shape index (κ2) is 5.67. The predicted molar refractivity (Wildman–Crippen MR) is 81.6 cm³/mol. The number of benzene rings is 1. The van der Waals surface area contributed by atoms with Crippen LogP contribution in [-0.4, -0.2) is 15.1 Å². The molecule has 0 fully saturated rings. The first-order valence-electron chi connectivity index (χ1n) is 6.51. The highest BCUT2D eigenvalue weighted by atomic mass is 32.1. The van der Waals surface area contributed by atoms with Gasteiger partial charge in [-0.25, -0.2) is 4.98 Å². The van der Waals surface area contributed by atoms with Gasteiger partial charge in [0.1, 0.15) is 22.9 Å². The van der Waals surface area contributed by atoms with Gasteiger partial charge in [0.25, 0.3) is 5.56 Å². The third-order valence-electron chi connectivity index (χ3n) is 3.08. The summed E-state index contributed by atoms with van der Waals surface area (Å²) in [5, 5.41) is 11.4. The van der Waals surface area contributed by atoms with E-state index in [4.69, 9.17) is 4.74 Å². The summed E-state index contributed by atoms with van der Waals surface area (Å²) in [7, 11) is 0. The molecule has 2 aromatic heterocycles. The number of aromatic amines is 1. The third-order valence-corrected chi connectivity index (χ3v) is 3.98. The van der Waals surface area contributed by atoms with E-state index in [0.717, 1.165) is 5.56 Å². The maximum absolute atomic E-state index is 11.8. The molecule has 1 atom stereocenters. The van der Waals surface area contributed by atoms with Crippen molar-refractivity contribution in [2.45, 2.75) is 19.6 Å². The fourth-order valence-corrected chi connectivity index (χ4v) is 2.73. The molecule has 3 aromatic rings. The zero-order valence-corrected chi connectivity index (χ0v) is 12.2. The van der Waals surface area contributed by atoms with Gasteiger partial charge in [0.2, 0.25) is 0 Å². The number of nitrogens with zero attached hydrogens (tertiary/aromatic N) is 1. The summed E-state index contributed by atoms with van der Waals surface area (Å²) in [6.07, 6.45) is -0.548. The lowest BCUT2D eigenvalue weighted by Gasteiger charge is -2.09. The van der Waals surface area contributed by atoms with Gasteiger partial charge in [0.05, 0.1) is 11.6 Å². The van der Waals surface area contributed by atoms with Gasteiger partial charge in [-0.05, 0) is 36.1 Å². The van der Waals surface area contributed by atoms with E-state index in [0.29, 0.717) is 21.8 Å². The van der Waals surface area contributed by atoms with Crippen molar-refractivity contribution in [2.24, 2.45) is 0 Å². The fourth-order valence-electron chi connectivity index (χ4n) is 2.01. The maximum atomic E-state index is 11.8. The lowest BCUT2D eigenvalue weighted by molar-refractivity contribution is 0.198. The molecule has 0 aliphatic heterocycles. The first-order chi connectivity index (χ1) is 10.1. The van der Waals surface area contributed by atoms with E-state index in [-0.39, 0.29) is 12.2 Å². The number of rotatable bonds is 4. The van der Waals surface area contributed by atoms with Crippen molar-refractivity contribution in [3.63, 3.8) is 0 Å². The van der Waals surface area contributed by atoms with Crippen molar-refractivity contribution in [3.8, 4) is 5.75 Å². The minimum absolute atomic E-state index is 0.147. The molecule has 5 nitrogen and oxygen atoms in total. The van der Waals surface area contributed by atoms with E-state index in [1.807, 2.05) is 23.6 Å². The highest BCUT2D eigenvalue weighted by Gasteiger charge is 2.06. The maximum Gasteiger partial charge on any atom is 0.268 e. The first-order valence-corrected chi connectivity index (χ1v) is 7.38. The highest BCUT2D eigenvalue weighted by Crippen LogP contribution is 2.20. The molecule has 6 heteroatoms. The Morgan fingerprint density at radius 3 is 3.10 bits per heavy atom. The van der Waals surface area contributed by atoms with Crippen LogP contribution in [0.3, 0.4) is 0 Å². The van der Waals surface area contributed by atoms with Crippen molar-refractivity contribution in [1.82, 2.24) is 9.97 Å². The number of ether oxygens (including phenoxy) is 1. The van der Waals surface area contributed by atoms with Crippen molar-refractivity contribution < 1.29 is 9.84 Å². The molecular weight excluding hydrogens is 288 g/mol. The zero-order valence-electron chi connectivity index (χ0n) is 11.4. The van der Waals surface area contributed by atoms with E-state index < -0.39 is 6.10 Å². The summed E-state index contributed by atoms with van der Waals surface area (Å²) in [5.41, 5.74) is 1.31. The van der Waals surface area contributed by atoms with E-state index in [1.165, 1.54) is 11.3 Å². The minimum Gasteiger partial charge on any atom is -0.486 e.